The first-order chi connectivity index (χ1) is 15.4. The SMILES string of the molecule is Cc1oc(-c2ccc(F)cc2)nc1CO[C@H]1CCC[C@@H](COC(C)(C)C(=O)OC(C)(C)C)C1. The molecule has 0 bridgehead atoms. The van der Waals surface area contributed by atoms with Gasteiger partial charge in [-0.2, -0.15) is 0 Å². The van der Waals surface area contributed by atoms with E-state index in [1.54, 1.807) is 26.0 Å². The van der Waals surface area contributed by atoms with Crippen molar-refractivity contribution in [2.24, 2.45) is 5.92 Å². The Labute approximate surface area is 195 Å². The highest BCUT2D eigenvalue weighted by Gasteiger charge is 2.35. The quantitative estimate of drug-likeness (QED) is 0.449. The standard InChI is InChI=1S/C26H36FNO5/c1-17-22(28-23(32-17)19-10-12-20(27)13-11-19)16-30-21-9-7-8-18(14-21)15-31-26(5,6)24(29)33-25(2,3)4/h10-13,18,21H,7-9,14-16H2,1-6H3/t18-,21+/m1/s1. The molecule has 1 aromatic carbocycles. The Morgan fingerprint density at radius 1 is 1.15 bits per heavy atom. The van der Waals surface area contributed by atoms with Gasteiger partial charge in [-0.3, -0.25) is 0 Å². The molecule has 0 N–H and O–H groups in total. The summed E-state index contributed by atoms with van der Waals surface area (Å²) in [5, 5.41) is 0. The fraction of sp³-hybridized carbons (Fsp3) is 0.615. The summed E-state index contributed by atoms with van der Waals surface area (Å²) in [7, 11) is 0. The molecule has 2 atom stereocenters. The van der Waals surface area contributed by atoms with E-state index in [2.05, 4.69) is 4.98 Å². The third-order valence-electron chi connectivity index (χ3n) is 5.74. The summed E-state index contributed by atoms with van der Waals surface area (Å²) in [5.74, 6) is 0.834. The fourth-order valence-electron chi connectivity index (χ4n) is 3.81. The van der Waals surface area contributed by atoms with Crippen LogP contribution in [0.5, 0.6) is 0 Å². The maximum atomic E-state index is 13.2. The molecular weight excluding hydrogens is 425 g/mol. The van der Waals surface area contributed by atoms with Crippen LogP contribution in [0, 0.1) is 18.7 Å². The van der Waals surface area contributed by atoms with Gasteiger partial charge in [0.05, 0.1) is 19.3 Å². The highest BCUT2D eigenvalue weighted by Crippen LogP contribution is 2.30. The molecule has 3 rings (SSSR count). The van der Waals surface area contributed by atoms with E-state index in [1.165, 1.54) is 12.1 Å². The van der Waals surface area contributed by atoms with Crippen LogP contribution < -0.4 is 0 Å². The van der Waals surface area contributed by atoms with Crippen molar-refractivity contribution in [2.75, 3.05) is 6.61 Å². The average molecular weight is 462 g/mol. The molecule has 7 heteroatoms. The minimum atomic E-state index is -0.990. The molecule has 33 heavy (non-hydrogen) atoms. The number of nitrogens with zero attached hydrogens (tertiary/aromatic N) is 1. The van der Waals surface area contributed by atoms with Crippen molar-refractivity contribution in [2.45, 2.75) is 91.1 Å². The smallest absolute Gasteiger partial charge is 0.338 e. The van der Waals surface area contributed by atoms with E-state index >= 15 is 0 Å². The number of oxazole rings is 1. The molecule has 1 aliphatic rings. The molecule has 1 saturated carbocycles. The van der Waals surface area contributed by atoms with Crippen LogP contribution in [0.25, 0.3) is 11.5 Å². The third-order valence-corrected chi connectivity index (χ3v) is 5.74. The number of esters is 1. The molecule has 2 aromatic rings. The molecule has 0 radical (unpaired) electrons. The number of hydrogen-bond acceptors (Lipinski definition) is 6. The number of aromatic nitrogens is 1. The summed E-state index contributed by atoms with van der Waals surface area (Å²) in [6.07, 6.45) is 4.04. The van der Waals surface area contributed by atoms with Gasteiger partial charge in [-0.1, -0.05) is 6.42 Å². The van der Waals surface area contributed by atoms with Crippen molar-refractivity contribution in [3.05, 3.63) is 41.5 Å². The van der Waals surface area contributed by atoms with E-state index in [0.717, 1.165) is 36.9 Å². The predicted molar refractivity (Wildman–Crippen MR) is 123 cm³/mol. The summed E-state index contributed by atoms with van der Waals surface area (Å²) in [5.41, 5.74) is -0.0561. The lowest BCUT2D eigenvalue weighted by atomic mass is 9.87. The zero-order chi connectivity index (χ0) is 24.2. The van der Waals surface area contributed by atoms with Gasteiger partial charge in [0.1, 0.15) is 22.9 Å². The highest BCUT2D eigenvalue weighted by molar-refractivity contribution is 5.78. The maximum absolute atomic E-state index is 13.2. The second-order valence-electron chi connectivity index (χ2n) is 10.3. The van der Waals surface area contributed by atoms with Crippen LogP contribution in [0.3, 0.4) is 0 Å². The van der Waals surface area contributed by atoms with Crippen molar-refractivity contribution in [1.82, 2.24) is 4.98 Å². The second kappa shape index (κ2) is 10.3. The summed E-state index contributed by atoms with van der Waals surface area (Å²) in [4.78, 5) is 17.0. The molecule has 0 aliphatic heterocycles. The number of rotatable bonds is 8. The lowest BCUT2D eigenvalue weighted by Gasteiger charge is -2.33. The predicted octanol–water partition coefficient (Wildman–Crippen LogP) is 6.00. The molecular formula is C26H36FNO5. The first-order valence-electron chi connectivity index (χ1n) is 11.6. The molecule has 0 unspecified atom stereocenters. The summed E-state index contributed by atoms with van der Waals surface area (Å²) < 4.78 is 36.6. The van der Waals surface area contributed by atoms with Crippen LogP contribution in [0.15, 0.2) is 28.7 Å². The lowest BCUT2D eigenvalue weighted by Crippen LogP contribution is -2.42. The third kappa shape index (κ3) is 7.37. The summed E-state index contributed by atoms with van der Waals surface area (Å²) in [6.45, 7) is 11.8. The molecule has 1 heterocycles. The molecule has 6 nitrogen and oxygen atoms in total. The Balaban J connectivity index is 1.50. The Morgan fingerprint density at radius 3 is 2.52 bits per heavy atom. The van der Waals surface area contributed by atoms with Crippen LogP contribution in [0.4, 0.5) is 4.39 Å². The van der Waals surface area contributed by atoms with Gasteiger partial charge >= 0.3 is 5.97 Å². The zero-order valence-corrected chi connectivity index (χ0v) is 20.6. The first kappa shape index (κ1) is 25.4. The van der Waals surface area contributed by atoms with Gasteiger partial charge in [0.15, 0.2) is 5.60 Å². The largest absolute Gasteiger partial charge is 0.458 e. The van der Waals surface area contributed by atoms with Gasteiger partial charge in [0, 0.05) is 5.56 Å². The maximum Gasteiger partial charge on any atom is 0.338 e. The molecule has 182 valence electrons. The number of aryl methyl sites for hydroxylation is 1. The van der Waals surface area contributed by atoms with Crippen LogP contribution >= 0.6 is 0 Å². The second-order valence-corrected chi connectivity index (χ2v) is 10.3. The monoisotopic (exact) mass is 461 g/mol. The van der Waals surface area contributed by atoms with Crippen molar-refractivity contribution < 1.29 is 27.8 Å². The number of benzene rings is 1. The van der Waals surface area contributed by atoms with Gasteiger partial charge in [0.25, 0.3) is 0 Å². The number of ether oxygens (including phenoxy) is 3. The number of halogens is 1. The summed E-state index contributed by atoms with van der Waals surface area (Å²) >= 11 is 0. The van der Waals surface area contributed by atoms with E-state index in [9.17, 15) is 9.18 Å². The lowest BCUT2D eigenvalue weighted by molar-refractivity contribution is -0.181. The van der Waals surface area contributed by atoms with Crippen LogP contribution in [0.2, 0.25) is 0 Å². The molecule has 0 saturated heterocycles. The summed E-state index contributed by atoms with van der Waals surface area (Å²) in [6, 6.07) is 6.07. The normalized spacial score (nSPS) is 19.5. The molecule has 0 spiro atoms. The van der Waals surface area contributed by atoms with E-state index in [1.807, 2.05) is 27.7 Å². The van der Waals surface area contributed by atoms with Crippen molar-refractivity contribution in [1.29, 1.82) is 0 Å². The highest BCUT2D eigenvalue weighted by atomic mass is 19.1. The van der Waals surface area contributed by atoms with Crippen LogP contribution in [-0.4, -0.2) is 34.9 Å². The van der Waals surface area contributed by atoms with E-state index in [-0.39, 0.29) is 17.9 Å². The zero-order valence-electron chi connectivity index (χ0n) is 20.6. The van der Waals surface area contributed by atoms with Gasteiger partial charge < -0.3 is 18.6 Å². The van der Waals surface area contributed by atoms with Crippen LogP contribution in [-0.2, 0) is 25.6 Å². The Morgan fingerprint density at radius 2 is 1.85 bits per heavy atom. The van der Waals surface area contributed by atoms with Gasteiger partial charge in [-0.25, -0.2) is 14.2 Å². The Hall–Kier alpha value is -2.25. The number of hydrogen-bond donors (Lipinski definition) is 0. The first-order valence-corrected chi connectivity index (χ1v) is 11.6. The molecule has 1 aromatic heterocycles. The average Bonchev–Trinajstić information content (AvgIpc) is 3.11. The fourth-order valence-corrected chi connectivity index (χ4v) is 3.81. The molecule has 1 fully saturated rings. The van der Waals surface area contributed by atoms with Gasteiger partial charge in [0.2, 0.25) is 5.89 Å². The Bertz CT molecular complexity index is 929. The topological polar surface area (TPSA) is 70.8 Å². The minimum absolute atomic E-state index is 0.0994. The minimum Gasteiger partial charge on any atom is -0.458 e. The molecule has 0 amide bonds. The van der Waals surface area contributed by atoms with E-state index in [0.29, 0.717) is 30.8 Å². The van der Waals surface area contributed by atoms with E-state index < -0.39 is 11.2 Å². The number of carbonyl (C=O) groups excluding carboxylic acids is 1. The Kier molecular flexibility index (Phi) is 7.96. The van der Waals surface area contributed by atoms with Gasteiger partial charge in [-0.05, 0) is 91.0 Å². The number of carbonyl (C=O) groups is 1. The van der Waals surface area contributed by atoms with Crippen LogP contribution in [0.1, 0.15) is 71.8 Å². The van der Waals surface area contributed by atoms with Gasteiger partial charge in [-0.15, -0.1) is 0 Å². The van der Waals surface area contributed by atoms with Crippen molar-refractivity contribution >= 4 is 5.97 Å². The molecule has 1 aliphatic carbocycles. The van der Waals surface area contributed by atoms with E-state index in [4.69, 9.17) is 18.6 Å². The van der Waals surface area contributed by atoms with Crippen molar-refractivity contribution in [3.8, 4) is 11.5 Å². The van der Waals surface area contributed by atoms with Crippen molar-refractivity contribution in [3.63, 3.8) is 0 Å².